The number of hydrogen-bond acceptors (Lipinski definition) is 7. The average molecular weight is 593 g/mol. The lowest BCUT2D eigenvalue weighted by atomic mass is 10.2. The number of nitro groups is 1. The zero-order chi connectivity index (χ0) is 30.6. The van der Waals surface area contributed by atoms with Gasteiger partial charge < -0.3 is 24.1 Å². The molecule has 10 heteroatoms. The minimum atomic E-state index is -1.73. The van der Waals surface area contributed by atoms with Crippen molar-refractivity contribution >= 4 is 28.0 Å². The molecule has 0 heterocycles. The second-order valence-corrected chi connectivity index (χ2v) is 22.5. The van der Waals surface area contributed by atoms with E-state index in [1.165, 1.54) is 6.07 Å². The molecule has 0 spiro atoms. The third-order valence-corrected chi connectivity index (χ3v) is 16.7. The lowest BCUT2D eigenvalue weighted by molar-refractivity contribution is -0.385. The standard InChI is InChI=1S/C15H25NO4Si.C15H27NO2Si/c1-15(2,3)21(4,5)20-12-8-11-19-14-10-7-6-9-13(14)16(17)18;1-15(2,3)19(4,5)18-12-8-11-17-14-10-7-6-9-13(14)16/h6-7,9-10H,8,11-12H2,1-5H3;6-7,9-10H,8,11-12,16H2,1-5H3. The number of nitrogens with zero attached hydrogens (tertiary/aromatic N) is 1. The van der Waals surface area contributed by atoms with Crippen molar-refractivity contribution in [1.82, 2.24) is 0 Å². The summed E-state index contributed by atoms with van der Waals surface area (Å²) in [5.41, 5.74) is 6.50. The fourth-order valence-corrected chi connectivity index (χ4v) is 5.09. The zero-order valence-corrected chi connectivity index (χ0v) is 28.3. The first kappa shape index (κ1) is 35.6. The topological polar surface area (TPSA) is 106 Å². The van der Waals surface area contributed by atoms with Gasteiger partial charge in [-0.05, 0) is 54.5 Å². The maximum absolute atomic E-state index is 10.9. The van der Waals surface area contributed by atoms with Gasteiger partial charge in [-0.25, -0.2) is 0 Å². The SMILES string of the molecule is CC(C)(C)[Si](C)(C)OCCCOc1ccccc1N.CC(C)(C)[Si](C)(C)OCCCOc1ccccc1[N+](=O)[O-]. The van der Waals surface area contributed by atoms with Crippen LogP contribution in [0.3, 0.4) is 0 Å². The Morgan fingerprint density at radius 2 is 1.10 bits per heavy atom. The van der Waals surface area contributed by atoms with Crippen molar-refractivity contribution in [2.45, 2.75) is 90.6 Å². The highest BCUT2D eigenvalue weighted by Crippen LogP contribution is 2.37. The molecule has 0 amide bonds. The summed E-state index contributed by atoms with van der Waals surface area (Å²) in [6.45, 7) is 24.7. The van der Waals surface area contributed by atoms with Crippen molar-refractivity contribution in [1.29, 1.82) is 0 Å². The molecule has 0 aliphatic heterocycles. The molecule has 8 nitrogen and oxygen atoms in total. The third-order valence-electron chi connectivity index (χ3n) is 7.61. The quantitative estimate of drug-likeness (QED) is 0.0817. The van der Waals surface area contributed by atoms with Crippen molar-refractivity contribution in [3.63, 3.8) is 0 Å². The number of rotatable bonds is 13. The summed E-state index contributed by atoms with van der Waals surface area (Å²) in [7, 11) is -3.35. The van der Waals surface area contributed by atoms with Crippen LogP contribution in [0.2, 0.25) is 36.3 Å². The molecule has 40 heavy (non-hydrogen) atoms. The average Bonchev–Trinajstić information content (AvgIpc) is 2.84. The zero-order valence-electron chi connectivity index (χ0n) is 26.3. The van der Waals surface area contributed by atoms with Crippen molar-refractivity contribution in [2.75, 3.05) is 32.2 Å². The molecule has 0 fully saturated rings. The summed E-state index contributed by atoms with van der Waals surface area (Å²) in [5, 5.41) is 11.3. The highest BCUT2D eigenvalue weighted by Gasteiger charge is 2.37. The molecule has 0 bridgehead atoms. The van der Waals surface area contributed by atoms with Crippen LogP contribution in [0.25, 0.3) is 0 Å². The molecular formula is C30H52N2O6Si2. The van der Waals surface area contributed by atoms with E-state index in [9.17, 15) is 10.1 Å². The van der Waals surface area contributed by atoms with Crippen LogP contribution in [0.15, 0.2) is 48.5 Å². The van der Waals surface area contributed by atoms with Crippen LogP contribution in [-0.2, 0) is 8.85 Å². The van der Waals surface area contributed by atoms with Gasteiger partial charge in [-0.3, -0.25) is 10.1 Å². The van der Waals surface area contributed by atoms with Gasteiger partial charge in [-0.15, -0.1) is 0 Å². The van der Waals surface area contributed by atoms with E-state index in [0.717, 1.165) is 25.2 Å². The summed E-state index contributed by atoms with van der Waals surface area (Å²) in [6, 6.07) is 14.0. The Bertz CT molecular complexity index is 1050. The van der Waals surface area contributed by atoms with Crippen LogP contribution < -0.4 is 15.2 Å². The molecule has 2 N–H and O–H groups in total. The minimum absolute atomic E-state index is 0.00261. The molecule has 0 aliphatic rings. The van der Waals surface area contributed by atoms with E-state index >= 15 is 0 Å². The van der Waals surface area contributed by atoms with E-state index in [1.807, 2.05) is 24.3 Å². The third kappa shape index (κ3) is 12.0. The van der Waals surface area contributed by atoms with Crippen molar-refractivity contribution in [2.24, 2.45) is 0 Å². The minimum Gasteiger partial charge on any atom is -0.491 e. The summed E-state index contributed by atoms with van der Waals surface area (Å²) in [4.78, 5) is 10.4. The Morgan fingerprint density at radius 3 is 1.52 bits per heavy atom. The highest BCUT2D eigenvalue weighted by atomic mass is 28.4. The van der Waals surface area contributed by atoms with Gasteiger partial charge in [0.25, 0.3) is 0 Å². The Kier molecular flexibility index (Phi) is 13.9. The van der Waals surface area contributed by atoms with E-state index < -0.39 is 21.6 Å². The lowest BCUT2D eigenvalue weighted by Crippen LogP contribution is -2.41. The lowest BCUT2D eigenvalue weighted by Gasteiger charge is -2.36. The van der Waals surface area contributed by atoms with E-state index in [1.54, 1.807) is 18.2 Å². The number of anilines is 1. The van der Waals surface area contributed by atoms with Gasteiger partial charge in [0.05, 0.1) is 23.8 Å². The second kappa shape index (κ2) is 15.6. The van der Waals surface area contributed by atoms with E-state index in [0.29, 0.717) is 31.3 Å². The van der Waals surface area contributed by atoms with Gasteiger partial charge in [0.1, 0.15) is 5.75 Å². The smallest absolute Gasteiger partial charge is 0.310 e. The van der Waals surface area contributed by atoms with E-state index in [-0.39, 0.29) is 15.8 Å². The Hall–Kier alpha value is -2.41. The summed E-state index contributed by atoms with van der Waals surface area (Å²) in [5.74, 6) is 1.07. The molecule has 2 rings (SSSR count). The number of nitro benzene ring substituents is 1. The van der Waals surface area contributed by atoms with Gasteiger partial charge in [-0.1, -0.05) is 65.8 Å². The van der Waals surface area contributed by atoms with Gasteiger partial charge in [0, 0.05) is 32.1 Å². The van der Waals surface area contributed by atoms with Gasteiger partial charge >= 0.3 is 5.69 Å². The molecule has 226 valence electrons. The fourth-order valence-electron chi connectivity index (χ4n) is 2.91. The molecule has 0 radical (unpaired) electrons. The Labute approximate surface area is 244 Å². The van der Waals surface area contributed by atoms with Crippen LogP contribution in [0.5, 0.6) is 11.5 Å². The predicted octanol–water partition coefficient (Wildman–Crippen LogP) is 8.45. The van der Waals surface area contributed by atoms with Crippen molar-refractivity contribution in [3.8, 4) is 11.5 Å². The fraction of sp³-hybridized carbons (Fsp3) is 0.600. The predicted molar refractivity (Wildman–Crippen MR) is 170 cm³/mol. The molecule has 2 aromatic rings. The number of hydrogen-bond donors (Lipinski definition) is 1. The summed E-state index contributed by atoms with van der Waals surface area (Å²) in [6.07, 6.45) is 1.61. The number of para-hydroxylation sites is 4. The summed E-state index contributed by atoms with van der Waals surface area (Å²) < 4.78 is 23.3. The van der Waals surface area contributed by atoms with E-state index in [4.69, 9.17) is 24.1 Å². The van der Waals surface area contributed by atoms with Gasteiger partial charge in [0.15, 0.2) is 22.4 Å². The molecule has 0 saturated heterocycles. The summed E-state index contributed by atoms with van der Waals surface area (Å²) >= 11 is 0. The Balaban J connectivity index is 0.000000402. The molecular weight excluding hydrogens is 541 g/mol. The normalized spacial score (nSPS) is 12.3. The molecule has 2 aromatic carbocycles. The van der Waals surface area contributed by atoms with Crippen LogP contribution in [-0.4, -0.2) is 48.0 Å². The first-order valence-corrected chi connectivity index (χ1v) is 19.8. The number of nitrogen functional groups attached to an aromatic ring is 1. The molecule has 0 aromatic heterocycles. The molecule has 0 unspecified atom stereocenters. The van der Waals surface area contributed by atoms with Crippen LogP contribution in [0, 0.1) is 10.1 Å². The van der Waals surface area contributed by atoms with Gasteiger partial charge in [-0.2, -0.15) is 0 Å². The molecule has 0 aliphatic carbocycles. The van der Waals surface area contributed by atoms with Crippen molar-refractivity contribution in [3.05, 3.63) is 58.6 Å². The maximum atomic E-state index is 10.9. The van der Waals surface area contributed by atoms with Crippen molar-refractivity contribution < 1.29 is 23.2 Å². The monoisotopic (exact) mass is 592 g/mol. The number of ether oxygens (including phenoxy) is 2. The van der Waals surface area contributed by atoms with E-state index in [2.05, 4.69) is 67.7 Å². The van der Waals surface area contributed by atoms with Gasteiger partial charge in [0.2, 0.25) is 0 Å². The molecule has 0 atom stereocenters. The molecule has 0 saturated carbocycles. The Morgan fingerprint density at radius 1 is 0.700 bits per heavy atom. The van der Waals surface area contributed by atoms with Crippen LogP contribution in [0.1, 0.15) is 54.4 Å². The first-order valence-electron chi connectivity index (χ1n) is 14.0. The number of benzene rings is 2. The second-order valence-electron chi connectivity index (χ2n) is 12.9. The number of nitrogens with two attached hydrogens (primary N) is 1. The van der Waals surface area contributed by atoms with Crippen LogP contribution >= 0.6 is 0 Å². The van der Waals surface area contributed by atoms with Crippen LogP contribution in [0.4, 0.5) is 11.4 Å². The maximum Gasteiger partial charge on any atom is 0.310 e. The highest BCUT2D eigenvalue weighted by molar-refractivity contribution is 6.74. The largest absolute Gasteiger partial charge is 0.491 e. The first-order chi connectivity index (χ1) is 18.4.